The number of nitrogens with zero attached hydrogens (tertiary/aromatic N) is 3. The Morgan fingerprint density at radius 3 is 2.80 bits per heavy atom. The molecule has 20 heavy (non-hydrogen) atoms. The van der Waals surface area contributed by atoms with Crippen LogP contribution in [0.4, 0.5) is 11.5 Å². The first kappa shape index (κ1) is 13.5. The standard InChI is InChI=1S/C13H12N4O3/c1-9(10-5-2-3-7-12(10)18)15-16-13-11(17(19)20)6-4-8-14-13/h2-8,18H,1H3,(H,14,16)/b15-9-. The number of aromatic nitrogens is 1. The summed E-state index contributed by atoms with van der Waals surface area (Å²) in [6.45, 7) is 1.68. The van der Waals surface area contributed by atoms with E-state index >= 15 is 0 Å². The predicted molar refractivity (Wildman–Crippen MR) is 74.8 cm³/mol. The number of nitro groups is 1. The lowest BCUT2D eigenvalue weighted by Crippen LogP contribution is -2.03. The molecule has 0 bridgehead atoms. The molecular weight excluding hydrogens is 260 g/mol. The molecule has 1 aromatic carbocycles. The Morgan fingerprint density at radius 1 is 1.35 bits per heavy atom. The van der Waals surface area contributed by atoms with Crippen molar-refractivity contribution in [3.63, 3.8) is 0 Å². The van der Waals surface area contributed by atoms with Gasteiger partial charge in [-0.1, -0.05) is 12.1 Å². The van der Waals surface area contributed by atoms with Gasteiger partial charge >= 0.3 is 5.69 Å². The van der Waals surface area contributed by atoms with Crippen molar-refractivity contribution in [3.05, 3.63) is 58.3 Å². The Hall–Kier alpha value is -2.96. The van der Waals surface area contributed by atoms with E-state index in [9.17, 15) is 15.2 Å². The molecule has 0 spiro atoms. The second-order valence-corrected chi connectivity index (χ2v) is 3.95. The first-order valence-corrected chi connectivity index (χ1v) is 5.77. The Labute approximate surface area is 114 Å². The monoisotopic (exact) mass is 272 g/mol. The van der Waals surface area contributed by atoms with Crippen LogP contribution in [-0.4, -0.2) is 20.7 Å². The molecule has 2 aromatic rings. The molecule has 0 amide bonds. The summed E-state index contributed by atoms with van der Waals surface area (Å²) in [4.78, 5) is 14.2. The van der Waals surface area contributed by atoms with Crippen molar-refractivity contribution in [1.82, 2.24) is 4.98 Å². The van der Waals surface area contributed by atoms with Gasteiger partial charge in [0.1, 0.15) is 5.75 Å². The summed E-state index contributed by atoms with van der Waals surface area (Å²) >= 11 is 0. The van der Waals surface area contributed by atoms with E-state index in [-0.39, 0.29) is 17.3 Å². The van der Waals surface area contributed by atoms with Crippen LogP contribution in [0.2, 0.25) is 0 Å². The van der Waals surface area contributed by atoms with Gasteiger partial charge in [-0.3, -0.25) is 15.5 Å². The zero-order valence-corrected chi connectivity index (χ0v) is 10.6. The van der Waals surface area contributed by atoms with Crippen LogP contribution in [0.15, 0.2) is 47.7 Å². The lowest BCUT2D eigenvalue weighted by atomic mass is 10.1. The number of benzene rings is 1. The Bertz CT molecular complexity index is 670. The van der Waals surface area contributed by atoms with Gasteiger partial charge in [0.2, 0.25) is 5.82 Å². The van der Waals surface area contributed by atoms with Gasteiger partial charge in [-0.15, -0.1) is 0 Å². The zero-order valence-electron chi connectivity index (χ0n) is 10.6. The van der Waals surface area contributed by atoms with Crippen LogP contribution in [0.3, 0.4) is 0 Å². The molecule has 102 valence electrons. The van der Waals surface area contributed by atoms with E-state index in [0.29, 0.717) is 11.3 Å². The molecule has 0 fully saturated rings. The summed E-state index contributed by atoms with van der Waals surface area (Å²) in [5, 5.41) is 24.5. The highest BCUT2D eigenvalue weighted by Gasteiger charge is 2.13. The summed E-state index contributed by atoms with van der Waals surface area (Å²) in [5.74, 6) is 0.137. The van der Waals surface area contributed by atoms with Gasteiger partial charge < -0.3 is 5.11 Å². The third-order valence-corrected chi connectivity index (χ3v) is 2.61. The quantitative estimate of drug-likeness (QED) is 0.506. The van der Waals surface area contributed by atoms with E-state index in [1.807, 2.05) is 0 Å². The number of phenols is 1. The minimum Gasteiger partial charge on any atom is -0.507 e. The maximum absolute atomic E-state index is 10.8. The Morgan fingerprint density at radius 2 is 2.10 bits per heavy atom. The van der Waals surface area contributed by atoms with Gasteiger partial charge in [-0.2, -0.15) is 5.10 Å². The van der Waals surface area contributed by atoms with E-state index < -0.39 is 4.92 Å². The molecule has 0 radical (unpaired) electrons. The Balaban J connectivity index is 2.26. The summed E-state index contributed by atoms with van der Waals surface area (Å²) in [6, 6.07) is 9.50. The van der Waals surface area contributed by atoms with Crippen LogP contribution in [0, 0.1) is 10.1 Å². The van der Waals surface area contributed by atoms with Gasteiger partial charge in [0.05, 0.1) is 10.6 Å². The number of hydrazone groups is 1. The number of hydrogen-bond donors (Lipinski definition) is 2. The van der Waals surface area contributed by atoms with Crippen LogP contribution >= 0.6 is 0 Å². The molecule has 0 saturated carbocycles. The number of rotatable bonds is 4. The van der Waals surface area contributed by atoms with Crippen LogP contribution in [0.25, 0.3) is 0 Å². The van der Waals surface area contributed by atoms with Crippen molar-refractivity contribution in [2.24, 2.45) is 5.10 Å². The van der Waals surface area contributed by atoms with E-state index in [4.69, 9.17) is 0 Å². The molecule has 1 heterocycles. The second kappa shape index (κ2) is 5.79. The minimum atomic E-state index is -0.541. The summed E-state index contributed by atoms with van der Waals surface area (Å²) in [6.07, 6.45) is 1.43. The lowest BCUT2D eigenvalue weighted by molar-refractivity contribution is -0.384. The maximum atomic E-state index is 10.8. The SMILES string of the molecule is C/C(=N/Nc1ncccc1[N+](=O)[O-])c1ccccc1O. The molecule has 0 aliphatic heterocycles. The third kappa shape index (κ3) is 2.89. The highest BCUT2D eigenvalue weighted by atomic mass is 16.6. The molecule has 0 aliphatic carbocycles. The average Bonchev–Trinajstić information content (AvgIpc) is 2.45. The maximum Gasteiger partial charge on any atom is 0.313 e. The lowest BCUT2D eigenvalue weighted by Gasteiger charge is -2.05. The molecule has 0 aliphatic rings. The molecular formula is C13H12N4O3. The van der Waals surface area contributed by atoms with E-state index in [1.54, 1.807) is 25.1 Å². The highest BCUT2D eigenvalue weighted by Crippen LogP contribution is 2.21. The predicted octanol–water partition coefficient (Wildman–Crippen LogP) is 2.53. The number of pyridine rings is 1. The van der Waals surface area contributed by atoms with Gasteiger partial charge in [-0.05, 0) is 25.1 Å². The van der Waals surface area contributed by atoms with E-state index in [2.05, 4.69) is 15.5 Å². The highest BCUT2D eigenvalue weighted by molar-refractivity contribution is 6.01. The summed E-state index contributed by atoms with van der Waals surface area (Å²) in [7, 11) is 0. The average molecular weight is 272 g/mol. The van der Waals surface area contributed by atoms with Crippen molar-refractivity contribution in [1.29, 1.82) is 0 Å². The van der Waals surface area contributed by atoms with Crippen molar-refractivity contribution in [2.75, 3.05) is 5.43 Å². The van der Waals surface area contributed by atoms with Crippen LogP contribution < -0.4 is 5.43 Å². The first-order valence-electron chi connectivity index (χ1n) is 5.77. The fourth-order valence-corrected chi connectivity index (χ4v) is 1.61. The molecule has 7 heteroatoms. The molecule has 0 unspecified atom stereocenters. The molecule has 1 aromatic heterocycles. The molecule has 2 N–H and O–H groups in total. The van der Waals surface area contributed by atoms with Gasteiger partial charge in [0.15, 0.2) is 0 Å². The fourth-order valence-electron chi connectivity index (χ4n) is 1.61. The number of anilines is 1. The first-order chi connectivity index (χ1) is 9.59. The molecule has 2 rings (SSSR count). The van der Waals surface area contributed by atoms with Crippen LogP contribution in [0.1, 0.15) is 12.5 Å². The van der Waals surface area contributed by atoms with E-state index in [1.165, 1.54) is 24.4 Å². The van der Waals surface area contributed by atoms with Crippen LogP contribution in [0.5, 0.6) is 5.75 Å². The largest absolute Gasteiger partial charge is 0.507 e. The summed E-state index contributed by atoms with van der Waals surface area (Å²) in [5.41, 5.74) is 3.41. The fraction of sp³-hybridized carbons (Fsp3) is 0.0769. The number of phenolic OH excluding ortho intramolecular Hbond substituents is 1. The van der Waals surface area contributed by atoms with Gasteiger partial charge in [0, 0.05) is 17.8 Å². The van der Waals surface area contributed by atoms with Gasteiger partial charge in [-0.25, -0.2) is 4.98 Å². The second-order valence-electron chi connectivity index (χ2n) is 3.95. The molecule has 0 atom stereocenters. The topological polar surface area (TPSA) is 101 Å². The number of nitrogens with one attached hydrogen (secondary N) is 1. The minimum absolute atomic E-state index is 0.0484. The molecule has 7 nitrogen and oxygen atoms in total. The van der Waals surface area contributed by atoms with Crippen molar-refractivity contribution >= 4 is 17.2 Å². The third-order valence-electron chi connectivity index (χ3n) is 2.61. The van der Waals surface area contributed by atoms with E-state index in [0.717, 1.165) is 0 Å². The van der Waals surface area contributed by atoms with Crippen LogP contribution in [-0.2, 0) is 0 Å². The normalized spacial score (nSPS) is 11.2. The number of hydrogen-bond acceptors (Lipinski definition) is 6. The number of para-hydroxylation sites is 1. The van der Waals surface area contributed by atoms with Crippen molar-refractivity contribution in [2.45, 2.75) is 6.92 Å². The smallest absolute Gasteiger partial charge is 0.313 e. The zero-order chi connectivity index (χ0) is 14.5. The molecule has 0 saturated heterocycles. The van der Waals surface area contributed by atoms with Crippen molar-refractivity contribution < 1.29 is 10.0 Å². The van der Waals surface area contributed by atoms with Crippen molar-refractivity contribution in [3.8, 4) is 5.75 Å². The number of aromatic hydroxyl groups is 1. The Kier molecular flexibility index (Phi) is 3.90. The summed E-state index contributed by atoms with van der Waals surface area (Å²) < 4.78 is 0. The van der Waals surface area contributed by atoms with Gasteiger partial charge in [0.25, 0.3) is 0 Å².